The number of likely N-dealkylation sites (tertiary alicyclic amines) is 1. The van der Waals surface area contributed by atoms with E-state index in [4.69, 9.17) is 0 Å². The van der Waals surface area contributed by atoms with Crippen LogP contribution < -0.4 is 5.32 Å². The number of aryl methyl sites for hydroxylation is 1. The van der Waals surface area contributed by atoms with Crippen molar-refractivity contribution in [3.8, 4) is 11.4 Å². The van der Waals surface area contributed by atoms with E-state index in [0.29, 0.717) is 37.3 Å². The fourth-order valence-electron chi connectivity index (χ4n) is 3.39. The lowest BCUT2D eigenvalue weighted by atomic mass is 10.0. The highest BCUT2D eigenvalue weighted by Gasteiger charge is 2.32. The Balaban J connectivity index is 1.57. The van der Waals surface area contributed by atoms with E-state index in [0.717, 1.165) is 17.5 Å². The molecule has 3 rings (SSSR count). The minimum atomic E-state index is -4.19. The Morgan fingerprint density at radius 1 is 1.18 bits per heavy atom. The third-order valence-electron chi connectivity index (χ3n) is 4.88. The average Bonchev–Trinajstić information content (AvgIpc) is 2.68. The van der Waals surface area contributed by atoms with Gasteiger partial charge in [-0.1, -0.05) is 31.2 Å². The van der Waals surface area contributed by atoms with E-state index in [-0.39, 0.29) is 11.9 Å². The van der Waals surface area contributed by atoms with Crippen molar-refractivity contribution in [2.24, 2.45) is 0 Å². The Morgan fingerprint density at radius 3 is 2.43 bits per heavy atom. The molecule has 1 aliphatic rings. The molecule has 1 fully saturated rings. The minimum absolute atomic E-state index is 0.141. The third-order valence-corrected chi connectivity index (χ3v) is 4.88. The topological polar surface area (TPSA) is 58.1 Å². The van der Waals surface area contributed by atoms with Gasteiger partial charge in [0.2, 0.25) is 0 Å². The van der Waals surface area contributed by atoms with Crippen LogP contribution in [0.4, 0.5) is 13.2 Å². The van der Waals surface area contributed by atoms with Gasteiger partial charge < -0.3 is 5.32 Å². The summed E-state index contributed by atoms with van der Waals surface area (Å²) in [4.78, 5) is 22.4. The first kappa shape index (κ1) is 20.3. The van der Waals surface area contributed by atoms with Gasteiger partial charge >= 0.3 is 6.18 Å². The quantitative estimate of drug-likeness (QED) is 0.847. The Morgan fingerprint density at radius 2 is 1.82 bits per heavy atom. The molecule has 0 saturated carbocycles. The van der Waals surface area contributed by atoms with Gasteiger partial charge in [0.05, 0.1) is 12.1 Å². The van der Waals surface area contributed by atoms with E-state index in [1.807, 2.05) is 24.3 Å². The predicted molar refractivity (Wildman–Crippen MR) is 99.8 cm³/mol. The molecule has 28 heavy (non-hydrogen) atoms. The number of hydrogen-bond donors (Lipinski definition) is 1. The second-order valence-electron chi connectivity index (χ2n) is 6.95. The maximum atomic E-state index is 12.4. The van der Waals surface area contributed by atoms with Crippen LogP contribution in [-0.4, -0.2) is 52.6 Å². The van der Waals surface area contributed by atoms with Crippen LogP contribution in [0.1, 0.15) is 35.7 Å². The first-order chi connectivity index (χ1) is 13.4. The summed E-state index contributed by atoms with van der Waals surface area (Å²) >= 11 is 0. The van der Waals surface area contributed by atoms with Gasteiger partial charge in [-0.15, -0.1) is 0 Å². The summed E-state index contributed by atoms with van der Waals surface area (Å²) in [7, 11) is 0. The monoisotopic (exact) mass is 392 g/mol. The van der Waals surface area contributed by atoms with E-state index in [2.05, 4.69) is 22.2 Å². The third kappa shape index (κ3) is 5.28. The van der Waals surface area contributed by atoms with E-state index in [1.54, 1.807) is 0 Å². The lowest BCUT2D eigenvalue weighted by Gasteiger charge is -2.32. The maximum Gasteiger partial charge on any atom is 0.401 e. The zero-order chi connectivity index (χ0) is 20.1. The Hall–Kier alpha value is -2.48. The highest BCUT2D eigenvalue weighted by Crippen LogP contribution is 2.21. The molecule has 1 aromatic heterocycles. The van der Waals surface area contributed by atoms with Crippen molar-refractivity contribution >= 4 is 5.91 Å². The summed E-state index contributed by atoms with van der Waals surface area (Å²) in [5.74, 6) is 0.263. The van der Waals surface area contributed by atoms with Gasteiger partial charge in [-0.05, 0) is 24.8 Å². The van der Waals surface area contributed by atoms with Crippen LogP contribution in [0.3, 0.4) is 0 Å². The number of amides is 1. The van der Waals surface area contributed by atoms with Crippen molar-refractivity contribution in [2.45, 2.75) is 38.4 Å². The van der Waals surface area contributed by atoms with Crippen LogP contribution in [0, 0.1) is 0 Å². The zero-order valence-corrected chi connectivity index (χ0v) is 15.7. The second-order valence-corrected chi connectivity index (χ2v) is 6.95. The van der Waals surface area contributed by atoms with Crippen LogP contribution in [0.15, 0.2) is 36.7 Å². The number of halogens is 3. The lowest BCUT2D eigenvalue weighted by Crippen LogP contribution is -2.47. The van der Waals surface area contributed by atoms with Crippen molar-refractivity contribution in [3.05, 3.63) is 47.8 Å². The number of carbonyl (C=O) groups excluding carboxylic acids is 1. The molecule has 5 nitrogen and oxygen atoms in total. The first-order valence-electron chi connectivity index (χ1n) is 9.36. The number of nitrogens with one attached hydrogen (secondary N) is 1. The van der Waals surface area contributed by atoms with Crippen LogP contribution in [-0.2, 0) is 6.42 Å². The molecule has 0 radical (unpaired) electrons. The largest absolute Gasteiger partial charge is 0.401 e. The number of piperidine rings is 1. The smallest absolute Gasteiger partial charge is 0.349 e. The fourth-order valence-corrected chi connectivity index (χ4v) is 3.39. The van der Waals surface area contributed by atoms with Gasteiger partial charge in [-0.3, -0.25) is 9.69 Å². The fraction of sp³-hybridized carbons (Fsp3) is 0.450. The molecular weight excluding hydrogens is 369 g/mol. The first-order valence-corrected chi connectivity index (χ1v) is 9.36. The Labute approximate surface area is 162 Å². The van der Waals surface area contributed by atoms with Gasteiger partial charge in [-0.25, -0.2) is 9.97 Å². The summed E-state index contributed by atoms with van der Waals surface area (Å²) in [6.07, 6.45) is 0.626. The minimum Gasteiger partial charge on any atom is -0.349 e. The number of alkyl halides is 3. The number of aromatic nitrogens is 2. The molecular formula is C20H23F3N4O. The average molecular weight is 392 g/mol. The van der Waals surface area contributed by atoms with Gasteiger partial charge in [-0.2, -0.15) is 13.2 Å². The summed E-state index contributed by atoms with van der Waals surface area (Å²) in [6, 6.07) is 7.71. The molecule has 2 heterocycles. The highest BCUT2D eigenvalue weighted by atomic mass is 19.4. The zero-order valence-electron chi connectivity index (χ0n) is 15.7. The van der Waals surface area contributed by atoms with E-state index in [9.17, 15) is 18.0 Å². The molecule has 1 N–H and O–H groups in total. The second kappa shape index (κ2) is 8.68. The van der Waals surface area contributed by atoms with Crippen LogP contribution in [0.25, 0.3) is 11.4 Å². The molecule has 0 bridgehead atoms. The number of rotatable bonds is 5. The van der Waals surface area contributed by atoms with E-state index < -0.39 is 12.7 Å². The summed E-state index contributed by atoms with van der Waals surface area (Å²) in [6.45, 7) is 1.78. The number of hydrogen-bond acceptors (Lipinski definition) is 4. The highest BCUT2D eigenvalue weighted by molar-refractivity contribution is 5.93. The van der Waals surface area contributed by atoms with Crippen molar-refractivity contribution in [3.63, 3.8) is 0 Å². The molecule has 1 aliphatic heterocycles. The van der Waals surface area contributed by atoms with Crippen LogP contribution in [0.5, 0.6) is 0 Å². The molecule has 0 atom stereocenters. The molecule has 1 amide bonds. The lowest BCUT2D eigenvalue weighted by molar-refractivity contribution is -0.148. The maximum absolute atomic E-state index is 12.4. The number of benzene rings is 1. The van der Waals surface area contributed by atoms with Gasteiger partial charge in [0.25, 0.3) is 5.91 Å². The van der Waals surface area contributed by atoms with Gasteiger partial charge in [0.15, 0.2) is 5.82 Å². The normalized spacial score (nSPS) is 16.1. The van der Waals surface area contributed by atoms with Gasteiger partial charge in [0.1, 0.15) is 0 Å². The van der Waals surface area contributed by atoms with Crippen LogP contribution in [0.2, 0.25) is 0 Å². The molecule has 8 heteroatoms. The van der Waals surface area contributed by atoms with Crippen molar-refractivity contribution < 1.29 is 18.0 Å². The molecule has 0 unspecified atom stereocenters. The number of carbonyl (C=O) groups is 1. The van der Waals surface area contributed by atoms with Crippen molar-refractivity contribution in [1.29, 1.82) is 0 Å². The summed E-state index contributed by atoms with van der Waals surface area (Å²) < 4.78 is 37.3. The predicted octanol–water partition coefficient (Wildman–Crippen LogP) is 3.46. The van der Waals surface area contributed by atoms with E-state index in [1.165, 1.54) is 17.3 Å². The standard InChI is InChI=1S/C20H23F3N4O/c1-2-14-5-3-4-6-17(14)18-24-11-15(12-25-18)19(28)26-16-7-9-27(10-8-16)13-20(21,22)23/h3-6,11-12,16H,2,7-10,13H2,1H3,(H,26,28). The number of nitrogens with zero attached hydrogens (tertiary/aromatic N) is 3. The molecule has 150 valence electrons. The Kier molecular flexibility index (Phi) is 6.28. The molecule has 2 aromatic rings. The van der Waals surface area contributed by atoms with E-state index >= 15 is 0 Å². The molecule has 0 spiro atoms. The van der Waals surface area contributed by atoms with Gasteiger partial charge in [0, 0.05) is 37.1 Å². The Bertz CT molecular complexity index is 800. The summed E-state index contributed by atoms with van der Waals surface area (Å²) in [5.41, 5.74) is 2.41. The summed E-state index contributed by atoms with van der Waals surface area (Å²) in [5, 5.41) is 2.87. The molecule has 1 aromatic carbocycles. The molecule has 1 saturated heterocycles. The SMILES string of the molecule is CCc1ccccc1-c1ncc(C(=O)NC2CCN(CC(F)(F)F)CC2)cn1. The van der Waals surface area contributed by atoms with Crippen LogP contribution >= 0.6 is 0 Å². The van der Waals surface area contributed by atoms with Crippen molar-refractivity contribution in [1.82, 2.24) is 20.2 Å². The van der Waals surface area contributed by atoms with Crippen molar-refractivity contribution in [2.75, 3.05) is 19.6 Å². The molecule has 0 aliphatic carbocycles.